The lowest BCUT2D eigenvalue weighted by molar-refractivity contribution is 0.0781. The van der Waals surface area contributed by atoms with Gasteiger partial charge < -0.3 is 10.6 Å². The molecule has 4 rings (SSSR count). The van der Waals surface area contributed by atoms with Gasteiger partial charge in [-0.3, -0.25) is 14.3 Å². The Kier molecular flexibility index (Phi) is 3.68. The number of carbonyl (C=O) groups is 2. The van der Waals surface area contributed by atoms with E-state index < -0.39 is 5.91 Å². The van der Waals surface area contributed by atoms with E-state index in [1.54, 1.807) is 21.8 Å². The van der Waals surface area contributed by atoms with Crippen LogP contribution in [0.4, 0.5) is 0 Å². The van der Waals surface area contributed by atoms with Gasteiger partial charge in [-0.2, -0.15) is 5.10 Å². The zero-order chi connectivity index (χ0) is 17.4. The summed E-state index contributed by atoms with van der Waals surface area (Å²) < 4.78 is 1.71. The molecule has 1 atom stereocenters. The second kappa shape index (κ2) is 6.01. The van der Waals surface area contributed by atoms with Crippen LogP contribution >= 0.6 is 0 Å². The van der Waals surface area contributed by atoms with Crippen LogP contribution in [0.15, 0.2) is 48.8 Å². The van der Waals surface area contributed by atoms with Gasteiger partial charge in [0.2, 0.25) is 0 Å². The van der Waals surface area contributed by atoms with Crippen LogP contribution in [0.5, 0.6) is 0 Å². The molecular weight excluding hydrogens is 318 g/mol. The van der Waals surface area contributed by atoms with Crippen molar-refractivity contribution in [3.63, 3.8) is 0 Å². The molecule has 2 aromatic heterocycles. The second-order valence-electron chi connectivity index (χ2n) is 6.16. The number of benzene rings is 1. The van der Waals surface area contributed by atoms with Gasteiger partial charge in [-0.15, -0.1) is 0 Å². The van der Waals surface area contributed by atoms with Crippen molar-refractivity contribution in [2.75, 3.05) is 13.1 Å². The summed E-state index contributed by atoms with van der Waals surface area (Å²) in [4.78, 5) is 30.2. The molecule has 2 N–H and O–H groups in total. The van der Waals surface area contributed by atoms with Gasteiger partial charge in [-0.1, -0.05) is 24.3 Å². The Bertz CT molecular complexity index is 965. The number of rotatable bonds is 3. The number of nitrogens with zero attached hydrogens (tertiary/aromatic N) is 4. The Balaban J connectivity index is 1.51. The Hall–Kier alpha value is -3.22. The van der Waals surface area contributed by atoms with Crippen molar-refractivity contribution in [1.29, 1.82) is 0 Å². The first-order valence-electron chi connectivity index (χ1n) is 8.11. The van der Waals surface area contributed by atoms with Crippen molar-refractivity contribution in [2.24, 2.45) is 5.73 Å². The molecule has 0 spiro atoms. The predicted molar refractivity (Wildman–Crippen MR) is 92.0 cm³/mol. The number of amides is 2. The van der Waals surface area contributed by atoms with Gasteiger partial charge >= 0.3 is 0 Å². The van der Waals surface area contributed by atoms with Crippen molar-refractivity contribution in [3.05, 3.63) is 60.0 Å². The summed E-state index contributed by atoms with van der Waals surface area (Å²) >= 11 is 0. The minimum Gasteiger partial charge on any atom is -0.366 e. The van der Waals surface area contributed by atoms with E-state index in [0.29, 0.717) is 24.3 Å². The summed E-state index contributed by atoms with van der Waals surface area (Å²) in [5, 5.41) is 5.20. The molecule has 1 aliphatic rings. The highest BCUT2D eigenvalue weighted by atomic mass is 16.2. The van der Waals surface area contributed by atoms with E-state index >= 15 is 0 Å². The number of hydrogen-bond acceptors (Lipinski definition) is 4. The fourth-order valence-electron chi connectivity index (χ4n) is 3.15. The lowest BCUT2D eigenvalue weighted by Gasteiger charge is -2.16. The van der Waals surface area contributed by atoms with E-state index in [1.807, 2.05) is 30.3 Å². The maximum Gasteiger partial charge on any atom is 0.272 e. The third-order valence-corrected chi connectivity index (χ3v) is 4.53. The monoisotopic (exact) mass is 335 g/mol. The van der Waals surface area contributed by atoms with E-state index in [-0.39, 0.29) is 11.9 Å². The molecule has 0 aliphatic carbocycles. The number of carbonyl (C=O) groups excluding carboxylic acids is 2. The average Bonchev–Trinajstić information content (AvgIpc) is 3.30. The molecule has 1 aliphatic heterocycles. The maximum absolute atomic E-state index is 12.7. The predicted octanol–water partition coefficient (Wildman–Crippen LogP) is 1.62. The van der Waals surface area contributed by atoms with Gasteiger partial charge in [0.25, 0.3) is 11.8 Å². The maximum atomic E-state index is 12.7. The van der Waals surface area contributed by atoms with Crippen LogP contribution in [0.2, 0.25) is 0 Å². The topological polar surface area (TPSA) is 94.1 Å². The Morgan fingerprint density at radius 1 is 1.16 bits per heavy atom. The second-order valence-corrected chi connectivity index (χ2v) is 6.16. The summed E-state index contributed by atoms with van der Waals surface area (Å²) in [5.74, 6) is -0.590. The van der Waals surface area contributed by atoms with E-state index in [2.05, 4.69) is 10.1 Å². The summed E-state index contributed by atoms with van der Waals surface area (Å²) in [6.07, 6.45) is 3.87. The molecule has 1 unspecified atom stereocenters. The lowest BCUT2D eigenvalue weighted by Crippen LogP contribution is -2.29. The van der Waals surface area contributed by atoms with Crippen LogP contribution in [0.25, 0.3) is 10.9 Å². The summed E-state index contributed by atoms with van der Waals surface area (Å²) in [5.41, 5.74) is 6.88. The zero-order valence-electron chi connectivity index (χ0n) is 13.5. The molecule has 3 heterocycles. The molecule has 1 aromatic carbocycles. The first-order chi connectivity index (χ1) is 12.1. The van der Waals surface area contributed by atoms with E-state index in [1.165, 1.54) is 6.20 Å². The quantitative estimate of drug-likeness (QED) is 0.787. The van der Waals surface area contributed by atoms with E-state index in [4.69, 9.17) is 5.73 Å². The summed E-state index contributed by atoms with van der Waals surface area (Å²) in [6, 6.07) is 11.4. The molecular formula is C18H17N5O2. The van der Waals surface area contributed by atoms with Gasteiger partial charge in [0, 0.05) is 24.7 Å². The molecule has 0 radical (unpaired) electrons. The van der Waals surface area contributed by atoms with Crippen LogP contribution in [0, 0.1) is 0 Å². The molecule has 0 bridgehead atoms. The Morgan fingerprint density at radius 2 is 2.00 bits per heavy atom. The lowest BCUT2D eigenvalue weighted by atomic mass is 10.2. The van der Waals surface area contributed by atoms with Crippen LogP contribution in [-0.2, 0) is 0 Å². The molecule has 1 fully saturated rings. The van der Waals surface area contributed by atoms with Crippen molar-refractivity contribution >= 4 is 22.7 Å². The number of nitrogens with two attached hydrogens (primary N) is 1. The van der Waals surface area contributed by atoms with Gasteiger partial charge in [0.1, 0.15) is 5.69 Å². The normalized spacial score (nSPS) is 17.1. The average molecular weight is 335 g/mol. The number of likely N-dealkylation sites (tertiary alicyclic amines) is 1. The number of aromatic nitrogens is 3. The SMILES string of the molecule is NC(=O)c1cnn(C2CCN(C(=O)c3ccc4ccccc4n3)C2)c1. The number of para-hydroxylation sites is 1. The third-order valence-electron chi connectivity index (χ3n) is 4.53. The number of hydrogen-bond donors (Lipinski definition) is 1. The Morgan fingerprint density at radius 3 is 2.80 bits per heavy atom. The molecule has 3 aromatic rings. The smallest absolute Gasteiger partial charge is 0.272 e. The van der Waals surface area contributed by atoms with Gasteiger partial charge in [0.15, 0.2) is 0 Å². The van der Waals surface area contributed by atoms with Crippen molar-refractivity contribution in [2.45, 2.75) is 12.5 Å². The molecule has 7 heteroatoms. The summed E-state index contributed by atoms with van der Waals surface area (Å²) in [6.45, 7) is 1.16. The highest BCUT2D eigenvalue weighted by molar-refractivity contribution is 5.95. The fourth-order valence-corrected chi connectivity index (χ4v) is 3.15. The molecule has 25 heavy (non-hydrogen) atoms. The first-order valence-corrected chi connectivity index (χ1v) is 8.11. The van der Waals surface area contributed by atoms with Crippen molar-refractivity contribution in [1.82, 2.24) is 19.7 Å². The van der Waals surface area contributed by atoms with E-state index in [9.17, 15) is 9.59 Å². The van der Waals surface area contributed by atoms with E-state index in [0.717, 1.165) is 17.3 Å². The summed E-state index contributed by atoms with van der Waals surface area (Å²) in [7, 11) is 0. The number of pyridine rings is 1. The van der Waals surface area contributed by atoms with Crippen LogP contribution in [-0.4, -0.2) is 44.6 Å². The van der Waals surface area contributed by atoms with Crippen LogP contribution in [0.3, 0.4) is 0 Å². The van der Waals surface area contributed by atoms with Crippen LogP contribution < -0.4 is 5.73 Å². The molecule has 0 saturated carbocycles. The standard InChI is InChI=1S/C18H17N5O2/c19-17(24)13-9-20-23(10-13)14-7-8-22(11-14)18(25)16-6-5-12-3-1-2-4-15(12)21-16/h1-6,9-10,14H,7-8,11H2,(H2,19,24). The molecule has 1 saturated heterocycles. The minimum atomic E-state index is -0.502. The van der Waals surface area contributed by atoms with Crippen molar-refractivity contribution in [3.8, 4) is 0 Å². The molecule has 2 amide bonds. The van der Waals surface area contributed by atoms with Gasteiger partial charge in [-0.25, -0.2) is 4.98 Å². The minimum absolute atomic E-state index is 0.0394. The third kappa shape index (κ3) is 2.84. The molecule has 7 nitrogen and oxygen atoms in total. The van der Waals surface area contributed by atoms with Gasteiger partial charge in [-0.05, 0) is 18.6 Å². The first kappa shape index (κ1) is 15.3. The van der Waals surface area contributed by atoms with Crippen LogP contribution in [0.1, 0.15) is 33.3 Å². The Labute approximate surface area is 144 Å². The fraction of sp³-hybridized carbons (Fsp3) is 0.222. The zero-order valence-corrected chi connectivity index (χ0v) is 13.5. The largest absolute Gasteiger partial charge is 0.366 e. The van der Waals surface area contributed by atoms with Crippen molar-refractivity contribution < 1.29 is 9.59 Å². The molecule has 126 valence electrons. The highest BCUT2D eigenvalue weighted by Gasteiger charge is 2.29. The number of fused-ring (bicyclic) bond motifs is 1. The van der Waals surface area contributed by atoms with Gasteiger partial charge in [0.05, 0.1) is 23.3 Å². The number of primary amides is 1. The highest BCUT2D eigenvalue weighted by Crippen LogP contribution is 2.23.